The molecule has 1 rings (SSSR count). The van der Waals surface area contributed by atoms with Gasteiger partial charge in [0.05, 0.1) is 6.07 Å². The fraction of sp³-hybridized carbons (Fsp3) is 0.500. The van der Waals surface area contributed by atoms with Crippen LogP contribution in [0, 0.1) is 31.1 Å². The molecule has 0 radical (unpaired) electrons. The molecular formula is C14H19N3O2. The van der Waals surface area contributed by atoms with Crippen molar-refractivity contribution >= 4 is 11.7 Å². The molecule has 1 aromatic heterocycles. The van der Waals surface area contributed by atoms with E-state index in [0.717, 1.165) is 11.4 Å². The standard InChI is InChI=1S/C14H19N3O2/c1-8(2)17-9(3)6-11(10(17)4)13(18)12(7-15)14(19)16-5/h6,8,12H,1-5H3,(H,16,19)/t12-/m1/s1. The molecule has 0 fully saturated rings. The summed E-state index contributed by atoms with van der Waals surface area (Å²) in [4.78, 5) is 23.8. The predicted octanol–water partition coefficient (Wildman–Crippen LogP) is 1.75. The van der Waals surface area contributed by atoms with Gasteiger partial charge >= 0.3 is 0 Å². The molecule has 0 aliphatic heterocycles. The molecule has 1 heterocycles. The van der Waals surface area contributed by atoms with Crippen molar-refractivity contribution in [2.24, 2.45) is 5.92 Å². The van der Waals surface area contributed by atoms with E-state index in [4.69, 9.17) is 5.26 Å². The summed E-state index contributed by atoms with van der Waals surface area (Å²) >= 11 is 0. The van der Waals surface area contributed by atoms with Crippen LogP contribution >= 0.6 is 0 Å². The van der Waals surface area contributed by atoms with Crippen LogP contribution in [0.5, 0.6) is 0 Å². The topological polar surface area (TPSA) is 74.9 Å². The molecule has 0 saturated carbocycles. The van der Waals surface area contributed by atoms with Gasteiger partial charge in [-0.2, -0.15) is 5.26 Å². The van der Waals surface area contributed by atoms with Crippen LogP contribution in [-0.2, 0) is 4.79 Å². The minimum Gasteiger partial charge on any atom is -0.358 e. The quantitative estimate of drug-likeness (QED) is 0.662. The normalized spacial score (nSPS) is 12.1. The Morgan fingerprint density at radius 2 is 1.95 bits per heavy atom. The third-order valence-electron chi connectivity index (χ3n) is 3.17. The van der Waals surface area contributed by atoms with Crippen molar-refractivity contribution in [1.29, 1.82) is 5.26 Å². The van der Waals surface area contributed by atoms with Crippen LogP contribution in [0.1, 0.15) is 41.6 Å². The largest absolute Gasteiger partial charge is 0.358 e. The molecule has 0 aliphatic carbocycles. The zero-order chi connectivity index (χ0) is 14.7. The summed E-state index contributed by atoms with van der Waals surface area (Å²) in [7, 11) is 1.41. The van der Waals surface area contributed by atoms with Gasteiger partial charge in [0.1, 0.15) is 0 Å². The minimum atomic E-state index is -1.29. The smallest absolute Gasteiger partial charge is 0.245 e. The summed E-state index contributed by atoms with van der Waals surface area (Å²) in [6.45, 7) is 7.78. The third kappa shape index (κ3) is 2.68. The van der Waals surface area contributed by atoms with Crippen molar-refractivity contribution in [3.05, 3.63) is 23.0 Å². The molecule has 102 valence electrons. The van der Waals surface area contributed by atoms with Crippen LogP contribution in [0.3, 0.4) is 0 Å². The SMILES string of the molecule is CNC(=O)[C@H](C#N)C(=O)c1cc(C)n(C(C)C)c1C. The predicted molar refractivity (Wildman–Crippen MR) is 71.8 cm³/mol. The molecule has 1 amide bonds. The van der Waals surface area contributed by atoms with Crippen LogP contribution in [0.4, 0.5) is 0 Å². The molecule has 1 N–H and O–H groups in total. The summed E-state index contributed by atoms with van der Waals surface area (Å²) in [5.74, 6) is -2.30. The number of nitrogens with one attached hydrogen (secondary N) is 1. The number of aromatic nitrogens is 1. The second-order valence-electron chi connectivity index (χ2n) is 4.79. The number of aryl methyl sites for hydroxylation is 1. The maximum absolute atomic E-state index is 12.3. The number of nitriles is 1. The van der Waals surface area contributed by atoms with Crippen molar-refractivity contribution < 1.29 is 9.59 Å². The first-order valence-electron chi connectivity index (χ1n) is 6.19. The Labute approximate surface area is 113 Å². The summed E-state index contributed by atoms with van der Waals surface area (Å²) in [6, 6.07) is 3.73. The first-order chi connectivity index (χ1) is 8.84. The first-order valence-corrected chi connectivity index (χ1v) is 6.19. The van der Waals surface area contributed by atoms with Crippen LogP contribution in [0.15, 0.2) is 6.07 Å². The van der Waals surface area contributed by atoms with Crippen LogP contribution in [0.2, 0.25) is 0 Å². The summed E-state index contributed by atoms with van der Waals surface area (Å²) < 4.78 is 2.02. The number of carbonyl (C=O) groups excluding carboxylic acids is 2. The highest BCUT2D eigenvalue weighted by atomic mass is 16.2. The molecule has 0 saturated heterocycles. The first kappa shape index (κ1) is 15.0. The second kappa shape index (κ2) is 5.70. The Morgan fingerprint density at radius 1 is 1.37 bits per heavy atom. The van der Waals surface area contributed by atoms with Gasteiger partial charge < -0.3 is 9.88 Å². The van der Waals surface area contributed by atoms with Gasteiger partial charge in [0.2, 0.25) is 5.91 Å². The third-order valence-corrected chi connectivity index (χ3v) is 3.17. The molecule has 5 nitrogen and oxygen atoms in total. The van der Waals surface area contributed by atoms with E-state index in [1.54, 1.807) is 12.1 Å². The summed E-state index contributed by atoms with van der Waals surface area (Å²) in [5, 5.41) is 11.3. The Hall–Kier alpha value is -2.09. The highest BCUT2D eigenvalue weighted by molar-refractivity contribution is 6.12. The van der Waals surface area contributed by atoms with Gasteiger partial charge in [-0.25, -0.2) is 0 Å². The molecule has 1 aromatic rings. The summed E-state index contributed by atoms with van der Waals surface area (Å²) in [5.41, 5.74) is 2.19. The Bertz CT molecular complexity index is 550. The van der Waals surface area contributed by atoms with Gasteiger partial charge in [-0.1, -0.05) is 0 Å². The minimum absolute atomic E-state index is 0.224. The van der Waals surface area contributed by atoms with Crippen molar-refractivity contribution in [3.8, 4) is 6.07 Å². The van der Waals surface area contributed by atoms with E-state index in [0.29, 0.717) is 5.56 Å². The lowest BCUT2D eigenvalue weighted by Crippen LogP contribution is -2.32. The monoisotopic (exact) mass is 261 g/mol. The second-order valence-corrected chi connectivity index (χ2v) is 4.79. The van der Waals surface area contributed by atoms with E-state index in [9.17, 15) is 9.59 Å². The lowest BCUT2D eigenvalue weighted by molar-refractivity contribution is -0.121. The maximum atomic E-state index is 12.3. The molecular weight excluding hydrogens is 242 g/mol. The van der Waals surface area contributed by atoms with Crippen molar-refractivity contribution in [2.75, 3.05) is 7.05 Å². The number of carbonyl (C=O) groups is 2. The number of nitrogens with zero attached hydrogens (tertiary/aromatic N) is 2. The molecule has 0 aromatic carbocycles. The zero-order valence-electron chi connectivity index (χ0n) is 11.9. The van der Waals surface area contributed by atoms with Crippen LogP contribution < -0.4 is 5.32 Å². The van der Waals surface area contributed by atoms with Gasteiger partial charge in [-0.3, -0.25) is 9.59 Å². The highest BCUT2D eigenvalue weighted by Crippen LogP contribution is 2.22. The number of hydrogen-bond acceptors (Lipinski definition) is 3. The molecule has 1 atom stereocenters. The molecule has 0 spiro atoms. The zero-order valence-corrected chi connectivity index (χ0v) is 11.9. The molecule has 0 unspecified atom stereocenters. The number of amides is 1. The van der Waals surface area contributed by atoms with Crippen molar-refractivity contribution in [2.45, 2.75) is 33.7 Å². The lowest BCUT2D eigenvalue weighted by atomic mass is 9.98. The molecule has 0 aliphatic rings. The van der Waals surface area contributed by atoms with Gasteiger partial charge in [-0.05, 0) is 33.8 Å². The van der Waals surface area contributed by atoms with Gasteiger partial charge in [-0.15, -0.1) is 0 Å². The Kier molecular flexibility index (Phi) is 4.49. The number of Topliss-reactive ketones (excluding diaryl/α,β-unsaturated/α-hetero) is 1. The number of ketones is 1. The van der Waals surface area contributed by atoms with Gasteiger partial charge in [0.15, 0.2) is 11.7 Å². The average Bonchev–Trinajstić information content (AvgIpc) is 2.65. The molecule has 19 heavy (non-hydrogen) atoms. The Morgan fingerprint density at radius 3 is 2.32 bits per heavy atom. The van der Waals surface area contributed by atoms with E-state index in [2.05, 4.69) is 5.32 Å². The van der Waals surface area contributed by atoms with E-state index in [1.165, 1.54) is 7.05 Å². The Balaban J connectivity index is 3.25. The van der Waals surface area contributed by atoms with E-state index in [-0.39, 0.29) is 6.04 Å². The fourth-order valence-electron chi connectivity index (χ4n) is 2.36. The van der Waals surface area contributed by atoms with Crippen LogP contribution in [-0.4, -0.2) is 23.3 Å². The average molecular weight is 261 g/mol. The molecule has 5 heteroatoms. The molecule has 0 bridgehead atoms. The number of hydrogen-bond donors (Lipinski definition) is 1. The van der Waals surface area contributed by atoms with E-state index < -0.39 is 17.6 Å². The van der Waals surface area contributed by atoms with Gasteiger partial charge in [0, 0.05) is 30.0 Å². The van der Waals surface area contributed by atoms with Crippen molar-refractivity contribution in [3.63, 3.8) is 0 Å². The number of rotatable bonds is 4. The van der Waals surface area contributed by atoms with Crippen molar-refractivity contribution in [1.82, 2.24) is 9.88 Å². The lowest BCUT2D eigenvalue weighted by Gasteiger charge is -2.14. The highest BCUT2D eigenvalue weighted by Gasteiger charge is 2.29. The van der Waals surface area contributed by atoms with Gasteiger partial charge in [0.25, 0.3) is 0 Å². The van der Waals surface area contributed by atoms with E-state index >= 15 is 0 Å². The van der Waals surface area contributed by atoms with Crippen LogP contribution in [0.25, 0.3) is 0 Å². The fourth-order valence-corrected chi connectivity index (χ4v) is 2.36. The summed E-state index contributed by atoms with van der Waals surface area (Å²) in [6.07, 6.45) is 0. The van der Waals surface area contributed by atoms with E-state index in [1.807, 2.05) is 32.3 Å². The maximum Gasteiger partial charge on any atom is 0.245 e.